The predicted octanol–water partition coefficient (Wildman–Crippen LogP) is 8.21. The van der Waals surface area contributed by atoms with Crippen LogP contribution in [0.4, 0.5) is 0 Å². The van der Waals surface area contributed by atoms with Gasteiger partial charge in [-0.1, -0.05) is 90.5 Å². The average molecular weight is 528 g/mol. The molecule has 0 aliphatic heterocycles. The fourth-order valence-corrected chi connectivity index (χ4v) is 5.46. The molecule has 0 saturated heterocycles. The van der Waals surface area contributed by atoms with Gasteiger partial charge in [-0.05, 0) is 66.2 Å². The van der Waals surface area contributed by atoms with Crippen molar-refractivity contribution in [2.24, 2.45) is 0 Å². The summed E-state index contributed by atoms with van der Waals surface area (Å²) in [5, 5.41) is 10.8. The van der Waals surface area contributed by atoms with Crippen LogP contribution in [0.3, 0.4) is 0 Å². The number of H-pyrrole nitrogens is 1. The van der Waals surface area contributed by atoms with E-state index in [1.165, 1.54) is 5.56 Å². The van der Waals surface area contributed by atoms with Crippen molar-refractivity contribution >= 4 is 34.8 Å². The molecular formula is C33H25N3O2S. The molecule has 4 aromatic carbocycles. The summed E-state index contributed by atoms with van der Waals surface area (Å²) in [5.41, 5.74) is 8.57. The summed E-state index contributed by atoms with van der Waals surface area (Å²) in [7, 11) is 0. The number of carboxylic acids is 1. The van der Waals surface area contributed by atoms with E-state index in [9.17, 15) is 9.90 Å². The van der Waals surface area contributed by atoms with Gasteiger partial charge in [0.25, 0.3) is 0 Å². The third-order valence-electron chi connectivity index (χ3n) is 6.51. The first kappa shape index (κ1) is 24.5. The Morgan fingerprint density at radius 3 is 2.15 bits per heavy atom. The van der Waals surface area contributed by atoms with Gasteiger partial charge in [-0.2, -0.15) is 0 Å². The van der Waals surface area contributed by atoms with E-state index in [4.69, 9.17) is 0 Å². The number of benzene rings is 4. The lowest BCUT2D eigenvalue weighted by molar-refractivity contribution is -0.131. The molecule has 0 radical (unpaired) electrons. The van der Waals surface area contributed by atoms with Crippen molar-refractivity contribution in [1.29, 1.82) is 0 Å². The summed E-state index contributed by atoms with van der Waals surface area (Å²) in [6, 6.07) is 38.4. The van der Waals surface area contributed by atoms with E-state index >= 15 is 0 Å². The van der Waals surface area contributed by atoms with Gasteiger partial charge in [0.2, 0.25) is 0 Å². The Morgan fingerprint density at radius 2 is 1.49 bits per heavy atom. The van der Waals surface area contributed by atoms with Gasteiger partial charge in [0.1, 0.15) is 4.91 Å². The highest BCUT2D eigenvalue weighted by Crippen LogP contribution is 2.39. The van der Waals surface area contributed by atoms with Crippen LogP contribution in [0.2, 0.25) is 0 Å². The number of fused-ring (bicyclic) bond motifs is 1. The second-order valence-electron chi connectivity index (χ2n) is 9.21. The first-order valence-electron chi connectivity index (χ1n) is 12.6. The number of nitrogens with zero attached hydrogens (tertiary/aromatic N) is 2. The van der Waals surface area contributed by atoms with E-state index in [1.54, 1.807) is 6.08 Å². The van der Waals surface area contributed by atoms with E-state index in [0.29, 0.717) is 5.16 Å². The quantitative estimate of drug-likeness (QED) is 0.162. The smallest absolute Gasteiger partial charge is 0.342 e. The maximum absolute atomic E-state index is 12.5. The van der Waals surface area contributed by atoms with E-state index in [-0.39, 0.29) is 4.91 Å². The Bertz CT molecular complexity index is 1770. The lowest BCUT2D eigenvalue weighted by Crippen LogP contribution is -2.01. The molecule has 0 spiro atoms. The number of thioether (sulfide) groups is 1. The number of aromatic nitrogens is 3. The zero-order valence-electron chi connectivity index (χ0n) is 21.2. The van der Waals surface area contributed by atoms with Crippen molar-refractivity contribution < 1.29 is 9.90 Å². The molecule has 2 aromatic heterocycles. The molecule has 0 unspecified atom stereocenters. The number of imidazole rings is 1. The highest BCUT2D eigenvalue weighted by molar-refractivity contribution is 8.04. The van der Waals surface area contributed by atoms with Crippen LogP contribution < -0.4 is 0 Å². The maximum atomic E-state index is 12.5. The van der Waals surface area contributed by atoms with Crippen molar-refractivity contribution in [3.05, 3.63) is 131 Å². The van der Waals surface area contributed by atoms with Gasteiger partial charge < -0.3 is 14.7 Å². The molecule has 0 amide bonds. The molecule has 2 N–H and O–H groups in total. The standard InChI is InChI=1S/C33H25N3O2S/c1-22-16-18-26(19-17-22)36-29(23-10-4-2-5-11-23)20-25(31(36)24-12-6-3-7-13-24)21-30(32(37)38)39-33-34-27-14-8-9-15-28(27)35-33/h2-21H,1H3,(H,34,35)(H,37,38)/b30-21-. The SMILES string of the molecule is Cc1ccc(-n2c(-c3ccccc3)cc(/C=C(\Sc3nc4ccccc4[nH]3)C(=O)O)c2-c2ccccc2)cc1. The van der Waals surface area contributed by atoms with Crippen LogP contribution in [0.1, 0.15) is 11.1 Å². The molecule has 6 rings (SSSR count). The van der Waals surface area contributed by atoms with E-state index < -0.39 is 5.97 Å². The van der Waals surface area contributed by atoms with Crippen LogP contribution in [0.15, 0.2) is 125 Å². The van der Waals surface area contributed by atoms with Crippen molar-refractivity contribution in [2.45, 2.75) is 12.1 Å². The van der Waals surface area contributed by atoms with Gasteiger partial charge in [0.15, 0.2) is 5.16 Å². The average Bonchev–Trinajstić information content (AvgIpc) is 3.55. The molecule has 190 valence electrons. The normalized spacial score (nSPS) is 11.7. The highest BCUT2D eigenvalue weighted by atomic mass is 32.2. The van der Waals surface area contributed by atoms with Gasteiger partial charge in [-0.3, -0.25) is 0 Å². The van der Waals surface area contributed by atoms with Crippen LogP contribution in [0, 0.1) is 6.92 Å². The Hall–Kier alpha value is -4.81. The third kappa shape index (κ3) is 5.02. The zero-order chi connectivity index (χ0) is 26.8. The maximum Gasteiger partial charge on any atom is 0.342 e. The van der Waals surface area contributed by atoms with E-state index in [0.717, 1.165) is 56.6 Å². The summed E-state index contributed by atoms with van der Waals surface area (Å²) in [6.07, 6.45) is 1.75. The fourth-order valence-electron chi connectivity index (χ4n) is 4.67. The summed E-state index contributed by atoms with van der Waals surface area (Å²) in [4.78, 5) is 20.5. The molecule has 5 nitrogen and oxygen atoms in total. The predicted molar refractivity (Wildman–Crippen MR) is 159 cm³/mol. The minimum absolute atomic E-state index is 0.173. The largest absolute Gasteiger partial charge is 0.477 e. The molecule has 0 aliphatic rings. The number of carbonyl (C=O) groups is 1. The Kier molecular flexibility index (Phi) is 6.61. The summed E-state index contributed by atoms with van der Waals surface area (Å²) < 4.78 is 2.21. The number of hydrogen-bond donors (Lipinski definition) is 2. The van der Waals surface area contributed by atoms with E-state index in [2.05, 4.69) is 76.1 Å². The summed E-state index contributed by atoms with van der Waals surface area (Å²) >= 11 is 1.12. The van der Waals surface area contributed by atoms with Crippen molar-refractivity contribution in [1.82, 2.24) is 14.5 Å². The summed E-state index contributed by atoms with van der Waals surface area (Å²) in [5.74, 6) is -1.01. The fraction of sp³-hybridized carbons (Fsp3) is 0.0303. The second kappa shape index (κ2) is 10.5. The number of aryl methyl sites for hydroxylation is 1. The van der Waals surface area contributed by atoms with Crippen LogP contribution >= 0.6 is 11.8 Å². The number of carboxylic acid groups (broad SMARTS) is 1. The van der Waals surface area contributed by atoms with Crippen molar-refractivity contribution in [3.63, 3.8) is 0 Å². The lowest BCUT2D eigenvalue weighted by atomic mass is 10.1. The first-order chi connectivity index (χ1) is 19.1. The van der Waals surface area contributed by atoms with Crippen LogP contribution in [-0.2, 0) is 4.79 Å². The van der Waals surface area contributed by atoms with Gasteiger partial charge in [-0.15, -0.1) is 0 Å². The molecule has 6 heteroatoms. The molecule has 0 fully saturated rings. The van der Waals surface area contributed by atoms with Crippen molar-refractivity contribution in [2.75, 3.05) is 0 Å². The molecule has 0 bridgehead atoms. The van der Waals surface area contributed by atoms with Crippen molar-refractivity contribution in [3.8, 4) is 28.2 Å². The van der Waals surface area contributed by atoms with Crippen LogP contribution in [0.25, 0.3) is 45.3 Å². The minimum Gasteiger partial charge on any atom is -0.477 e. The molecular weight excluding hydrogens is 502 g/mol. The summed E-state index contributed by atoms with van der Waals surface area (Å²) in [6.45, 7) is 2.07. The molecule has 0 aliphatic carbocycles. The first-order valence-corrected chi connectivity index (χ1v) is 13.4. The number of nitrogens with one attached hydrogen (secondary N) is 1. The molecule has 39 heavy (non-hydrogen) atoms. The number of hydrogen-bond acceptors (Lipinski definition) is 3. The Balaban J connectivity index is 1.58. The molecule has 2 heterocycles. The number of rotatable bonds is 7. The van der Waals surface area contributed by atoms with Crippen LogP contribution in [0.5, 0.6) is 0 Å². The van der Waals surface area contributed by atoms with E-state index in [1.807, 2.05) is 60.7 Å². The second-order valence-corrected chi connectivity index (χ2v) is 10.2. The molecule has 0 saturated carbocycles. The zero-order valence-corrected chi connectivity index (χ0v) is 22.0. The number of aromatic amines is 1. The lowest BCUT2D eigenvalue weighted by Gasteiger charge is -2.15. The highest BCUT2D eigenvalue weighted by Gasteiger charge is 2.21. The van der Waals surface area contributed by atoms with Gasteiger partial charge in [-0.25, -0.2) is 9.78 Å². The van der Waals surface area contributed by atoms with Gasteiger partial charge in [0.05, 0.1) is 22.4 Å². The Labute approximate surface area is 230 Å². The number of aliphatic carboxylic acids is 1. The van der Waals surface area contributed by atoms with Gasteiger partial charge in [0, 0.05) is 11.3 Å². The monoisotopic (exact) mass is 527 g/mol. The topological polar surface area (TPSA) is 70.9 Å². The third-order valence-corrected chi connectivity index (χ3v) is 7.41. The minimum atomic E-state index is -1.01. The Morgan fingerprint density at radius 1 is 0.846 bits per heavy atom. The van der Waals surface area contributed by atoms with Crippen LogP contribution in [-0.4, -0.2) is 25.6 Å². The number of para-hydroxylation sites is 2. The molecule has 0 atom stereocenters. The molecule has 6 aromatic rings. The van der Waals surface area contributed by atoms with Gasteiger partial charge >= 0.3 is 5.97 Å².